The number of ketones is 1. The first-order valence-electron chi connectivity index (χ1n) is 8.40. The van der Waals surface area contributed by atoms with Gasteiger partial charge in [-0.15, -0.1) is 0 Å². The molecule has 0 spiro atoms. The van der Waals surface area contributed by atoms with E-state index in [1.165, 1.54) is 6.92 Å². The molecule has 6 heteroatoms. The molecule has 1 aromatic carbocycles. The van der Waals surface area contributed by atoms with Gasteiger partial charge < -0.3 is 5.32 Å². The summed E-state index contributed by atoms with van der Waals surface area (Å²) >= 11 is 0. The topological polar surface area (TPSA) is 83.6 Å². The van der Waals surface area contributed by atoms with Crippen LogP contribution < -0.4 is 5.32 Å². The Labute approximate surface area is 144 Å². The number of rotatable bonds is 4. The highest BCUT2D eigenvalue weighted by Gasteiger charge is 2.59. The molecule has 1 aromatic rings. The van der Waals surface area contributed by atoms with Gasteiger partial charge in [-0.3, -0.25) is 24.1 Å². The first-order valence-corrected chi connectivity index (χ1v) is 8.40. The SMILES string of the molecule is CC(=O)c1cccc(NC(=O)CN2C(=O)[C@@H]3[C@@H](C2=O)[C@H]2C=C[C@H]3C2)c1. The van der Waals surface area contributed by atoms with E-state index in [1.807, 2.05) is 12.2 Å². The second kappa shape index (κ2) is 5.65. The van der Waals surface area contributed by atoms with E-state index in [1.54, 1.807) is 24.3 Å². The zero-order valence-electron chi connectivity index (χ0n) is 13.8. The van der Waals surface area contributed by atoms with E-state index < -0.39 is 5.91 Å². The van der Waals surface area contributed by atoms with E-state index in [2.05, 4.69) is 5.32 Å². The second-order valence-electron chi connectivity index (χ2n) is 6.95. The number of Topliss-reactive ketones (excluding diaryl/α,β-unsaturated/α-hetero) is 1. The van der Waals surface area contributed by atoms with E-state index in [4.69, 9.17) is 0 Å². The fraction of sp³-hybridized carbons (Fsp3) is 0.368. The molecule has 2 fully saturated rings. The molecule has 1 aliphatic heterocycles. The standard InChI is InChI=1S/C19H18N2O4/c1-10(22)11-3-2-4-14(8-11)20-15(23)9-21-18(24)16-12-5-6-13(7-12)17(16)19(21)25/h2-6,8,12-13,16-17H,7,9H2,1H3,(H,20,23)/t12-,13-,16-,17-/m0/s1. The summed E-state index contributed by atoms with van der Waals surface area (Å²) in [5.74, 6) is -1.34. The summed E-state index contributed by atoms with van der Waals surface area (Å²) < 4.78 is 0. The summed E-state index contributed by atoms with van der Waals surface area (Å²) in [6.45, 7) is 1.16. The average Bonchev–Trinajstić information content (AvgIpc) is 3.25. The minimum Gasteiger partial charge on any atom is -0.325 e. The molecule has 1 saturated carbocycles. The Balaban J connectivity index is 1.45. The van der Waals surface area contributed by atoms with E-state index in [0.717, 1.165) is 11.3 Å². The number of carbonyl (C=O) groups excluding carboxylic acids is 4. The Morgan fingerprint density at radius 2 is 1.76 bits per heavy atom. The van der Waals surface area contributed by atoms with Crippen molar-refractivity contribution in [2.24, 2.45) is 23.7 Å². The smallest absolute Gasteiger partial charge is 0.244 e. The summed E-state index contributed by atoms with van der Waals surface area (Å²) in [5.41, 5.74) is 0.960. The lowest BCUT2D eigenvalue weighted by atomic mass is 9.85. The van der Waals surface area contributed by atoms with Crippen molar-refractivity contribution in [2.45, 2.75) is 13.3 Å². The maximum Gasteiger partial charge on any atom is 0.244 e. The molecule has 2 bridgehead atoms. The number of nitrogens with one attached hydrogen (secondary N) is 1. The van der Waals surface area contributed by atoms with Gasteiger partial charge in [0, 0.05) is 11.3 Å². The summed E-state index contributed by atoms with van der Waals surface area (Å²) in [6, 6.07) is 6.57. The van der Waals surface area contributed by atoms with Crippen molar-refractivity contribution >= 4 is 29.2 Å². The van der Waals surface area contributed by atoms with Crippen molar-refractivity contribution < 1.29 is 19.2 Å². The van der Waals surface area contributed by atoms with Gasteiger partial charge in [0.15, 0.2) is 5.78 Å². The number of nitrogens with zero attached hydrogens (tertiary/aromatic N) is 1. The van der Waals surface area contributed by atoms with Gasteiger partial charge >= 0.3 is 0 Å². The maximum atomic E-state index is 12.6. The quantitative estimate of drug-likeness (QED) is 0.514. The zero-order chi connectivity index (χ0) is 17.7. The van der Waals surface area contributed by atoms with E-state index in [0.29, 0.717) is 11.3 Å². The Morgan fingerprint density at radius 1 is 1.12 bits per heavy atom. The van der Waals surface area contributed by atoms with Crippen LogP contribution in [0.5, 0.6) is 0 Å². The Morgan fingerprint density at radius 3 is 2.36 bits per heavy atom. The molecule has 0 radical (unpaired) electrons. The number of carbonyl (C=O) groups is 4. The monoisotopic (exact) mass is 338 g/mol. The van der Waals surface area contributed by atoms with Gasteiger partial charge in [0.1, 0.15) is 6.54 Å². The number of hydrogen-bond acceptors (Lipinski definition) is 4. The van der Waals surface area contributed by atoms with E-state index >= 15 is 0 Å². The van der Waals surface area contributed by atoms with Crippen molar-refractivity contribution in [3.05, 3.63) is 42.0 Å². The summed E-state index contributed by atoms with van der Waals surface area (Å²) in [5, 5.41) is 2.66. The lowest BCUT2D eigenvalue weighted by Crippen LogP contribution is -2.39. The lowest BCUT2D eigenvalue weighted by molar-refractivity contribution is -0.143. The number of allylic oxidation sites excluding steroid dienone is 2. The van der Waals surface area contributed by atoms with Crippen LogP contribution in [0.2, 0.25) is 0 Å². The van der Waals surface area contributed by atoms with E-state index in [9.17, 15) is 19.2 Å². The molecule has 128 valence electrons. The van der Waals surface area contributed by atoms with Crippen LogP contribution in [0.15, 0.2) is 36.4 Å². The number of anilines is 1. The van der Waals surface area contributed by atoms with Crippen molar-refractivity contribution in [1.29, 1.82) is 0 Å². The third-order valence-corrected chi connectivity index (χ3v) is 5.42. The van der Waals surface area contributed by atoms with E-state index in [-0.39, 0.29) is 47.8 Å². The molecule has 2 aliphatic carbocycles. The minimum absolute atomic E-state index is 0.100. The number of likely N-dealkylation sites (tertiary alicyclic amines) is 1. The average molecular weight is 338 g/mol. The highest BCUT2D eigenvalue weighted by atomic mass is 16.2. The molecule has 6 nitrogen and oxygen atoms in total. The summed E-state index contributed by atoms with van der Waals surface area (Å²) in [7, 11) is 0. The van der Waals surface area contributed by atoms with Crippen LogP contribution in [-0.2, 0) is 14.4 Å². The number of hydrogen-bond donors (Lipinski definition) is 1. The number of imide groups is 1. The van der Waals surface area contributed by atoms with Crippen LogP contribution in [0.25, 0.3) is 0 Å². The van der Waals surface area contributed by atoms with Gasteiger partial charge in [0.2, 0.25) is 17.7 Å². The molecule has 1 saturated heterocycles. The van der Waals surface area contributed by atoms with Crippen LogP contribution in [0.4, 0.5) is 5.69 Å². The van der Waals surface area contributed by atoms with Gasteiger partial charge in [-0.1, -0.05) is 24.3 Å². The van der Waals surface area contributed by atoms with Gasteiger partial charge in [-0.2, -0.15) is 0 Å². The fourth-order valence-corrected chi connectivity index (χ4v) is 4.28. The molecule has 0 unspecified atom stereocenters. The highest BCUT2D eigenvalue weighted by Crippen LogP contribution is 2.52. The Bertz CT molecular complexity index is 798. The second-order valence-corrected chi connectivity index (χ2v) is 6.95. The Kier molecular flexibility index (Phi) is 3.56. The largest absolute Gasteiger partial charge is 0.325 e. The van der Waals surface area contributed by atoms with Crippen molar-refractivity contribution in [1.82, 2.24) is 4.90 Å². The highest BCUT2D eigenvalue weighted by molar-refractivity contribution is 6.09. The maximum absolute atomic E-state index is 12.6. The van der Waals surface area contributed by atoms with Crippen molar-refractivity contribution in [3.8, 4) is 0 Å². The first kappa shape index (κ1) is 15.7. The van der Waals surface area contributed by atoms with Crippen LogP contribution in [0.3, 0.4) is 0 Å². The Hall–Kier alpha value is -2.76. The zero-order valence-corrected chi connectivity index (χ0v) is 13.8. The molecule has 4 rings (SSSR count). The van der Waals surface area contributed by atoms with Gasteiger partial charge in [0.25, 0.3) is 0 Å². The third-order valence-electron chi connectivity index (χ3n) is 5.42. The van der Waals surface area contributed by atoms with Crippen molar-refractivity contribution in [3.63, 3.8) is 0 Å². The van der Waals surface area contributed by atoms with Crippen LogP contribution >= 0.6 is 0 Å². The molecule has 0 aromatic heterocycles. The number of benzene rings is 1. The lowest BCUT2D eigenvalue weighted by Gasteiger charge is -2.17. The van der Waals surface area contributed by atoms with Crippen LogP contribution in [-0.4, -0.2) is 34.9 Å². The number of amides is 3. The predicted octanol–water partition coefficient (Wildman–Crippen LogP) is 1.63. The molecular weight excluding hydrogens is 320 g/mol. The minimum atomic E-state index is -0.442. The summed E-state index contributed by atoms with van der Waals surface area (Å²) in [6.07, 6.45) is 4.91. The van der Waals surface area contributed by atoms with Crippen LogP contribution in [0, 0.1) is 23.7 Å². The number of fused-ring (bicyclic) bond motifs is 5. The molecule has 4 atom stereocenters. The normalized spacial score (nSPS) is 29.2. The summed E-state index contributed by atoms with van der Waals surface area (Å²) in [4.78, 5) is 49.9. The third kappa shape index (κ3) is 2.49. The van der Waals surface area contributed by atoms with Gasteiger partial charge in [-0.25, -0.2) is 0 Å². The molecule has 3 amide bonds. The molecular formula is C19H18N2O4. The molecule has 25 heavy (non-hydrogen) atoms. The predicted molar refractivity (Wildman–Crippen MR) is 89.5 cm³/mol. The fourth-order valence-electron chi connectivity index (χ4n) is 4.28. The molecule has 1 heterocycles. The molecule has 3 aliphatic rings. The van der Waals surface area contributed by atoms with Crippen LogP contribution in [0.1, 0.15) is 23.7 Å². The van der Waals surface area contributed by atoms with Gasteiger partial charge in [-0.05, 0) is 37.3 Å². The van der Waals surface area contributed by atoms with Crippen molar-refractivity contribution in [2.75, 3.05) is 11.9 Å². The molecule has 1 N–H and O–H groups in total. The first-order chi connectivity index (χ1) is 12.0. The van der Waals surface area contributed by atoms with Gasteiger partial charge in [0.05, 0.1) is 11.8 Å².